The van der Waals surface area contributed by atoms with Gasteiger partial charge in [0.05, 0.1) is 28.7 Å². The molecule has 0 unspecified atom stereocenters. The molecule has 0 saturated heterocycles. The Bertz CT molecular complexity index is 1310. The molecule has 152 valence electrons. The molecule has 1 heterocycles. The van der Waals surface area contributed by atoms with Crippen LogP contribution in [0.3, 0.4) is 0 Å². The number of nitrogens with zero attached hydrogens (tertiary/aromatic N) is 2. The fraction of sp³-hybridized carbons (Fsp3) is 0.0909. The summed E-state index contributed by atoms with van der Waals surface area (Å²) in [6.07, 6.45) is 0. The fourth-order valence-electron chi connectivity index (χ4n) is 2.99. The van der Waals surface area contributed by atoms with E-state index in [1.54, 1.807) is 31.4 Å². The summed E-state index contributed by atoms with van der Waals surface area (Å²) in [6, 6.07) is 21.0. The van der Waals surface area contributed by atoms with Crippen molar-refractivity contribution < 1.29 is 13.2 Å². The van der Waals surface area contributed by atoms with Crippen molar-refractivity contribution in [2.24, 2.45) is 0 Å². The molecule has 2 N–H and O–H groups in total. The standard InChI is InChI=1S/C22H20N4O3S/c1-15-12-13-20(29-2)19(14-15)25-21-22(24-18-11-7-6-10-17(18)23-21)26-30(27,28)16-8-4-3-5-9-16/h3-14H,1-2H3,(H,23,25)(H,24,26). The first-order valence-corrected chi connectivity index (χ1v) is 10.7. The number of anilines is 3. The van der Waals surface area contributed by atoms with Gasteiger partial charge in [0.2, 0.25) is 0 Å². The molecule has 0 aliphatic carbocycles. The third kappa shape index (κ3) is 4.04. The second-order valence-corrected chi connectivity index (χ2v) is 8.34. The average Bonchev–Trinajstić information content (AvgIpc) is 2.75. The van der Waals surface area contributed by atoms with Crippen LogP contribution in [-0.2, 0) is 10.0 Å². The Labute approximate surface area is 174 Å². The van der Waals surface area contributed by atoms with E-state index in [0.29, 0.717) is 22.5 Å². The maximum Gasteiger partial charge on any atom is 0.263 e. The maximum absolute atomic E-state index is 12.9. The first-order valence-electron chi connectivity index (χ1n) is 9.22. The minimum absolute atomic E-state index is 0.0983. The van der Waals surface area contributed by atoms with Gasteiger partial charge in [-0.1, -0.05) is 36.4 Å². The number of benzene rings is 3. The number of ether oxygens (including phenoxy) is 1. The molecular weight excluding hydrogens is 400 g/mol. The van der Waals surface area contributed by atoms with E-state index in [-0.39, 0.29) is 16.5 Å². The lowest BCUT2D eigenvalue weighted by atomic mass is 10.2. The minimum atomic E-state index is -3.84. The molecule has 0 atom stereocenters. The number of hydrogen-bond donors (Lipinski definition) is 2. The van der Waals surface area contributed by atoms with E-state index < -0.39 is 10.0 Å². The summed E-state index contributed by atoms with van der Waals surface area (Å²) in [4.78, 5) is 9.24. The fourth-order valence-corrected chi connectivity index (χ4v) is 4.02. The summed E-state index contributed by atoms with van der Waals surface area (Å²) < 4.78 is 33.8. The van der Waals surface area contributed by atoms with Gasteiger partial charge in [0.1, 0.15) is 5.75 Å². The van der Waals surface area contributed by atoms with Crippen LogP contribution in [0.4, 0.5) is 17.3 Å². The predicted molar refractivity (Wildman–Crippen MR) is 118 cm³/mol. The normalized spacial score (nSPS) is 11.3. The highest BCUT2D eigenvalue weighted by Gasteiger charge is 2.19. The summed E-state index contributed by atoms with van der Waals surface area (Å²) in [6.45, 7) is 1.95. The Kier molecular flexibility index (Phi) is 5.24. The average molecular weight is 420 g/mol. The number of sulfonamides is 1. The molecule has 30 heavy (non-hydrogen) atoms. The van der Waals surface area contributed by atoms with E-state index in [1.807, 2.05) is 43.3 Å². The van der Waals surface area contributed by atoms with E-state index in [4.69, 9.17) is 4.74 Å². The van der Waals surface area contributed by atoms with Crippen LogP contribution >= 0.6 is 0 Å². The molecule has 0 radical (unpaired) electrons. The predicted octanol–water partition coefficient (Wildman–Crippen LogP) is 4.49. The van der Waals surface area contributed by atoms with E-state index in [9.17, 15) is 8.42 Å². The minimum Gasteiger partial charge on any atom is -0.495 e. The first kappa shape index (κ1) is 19.7. The van der Waals surface area contributed by atoms with E-state index in [1.165, 1.54) is 12.1 Å². The summed E-state index contributed by atoms with van der Waals surface area (Å²) in [5, 5.41) is 3.17. The molecule has 0 saturated carbocycles. The van der Waals surface area contributed by atoms with Crippen molar-refractivity contribution >= 4 is 38.4 Å². The number of fused-ring (bicyclic) bond motifs is 1. The number of para-hydroxylation sites is 2. The van der Waals surface area contributed by atoms with Crippen LogP contribution < -0.4 is 14.8 Å². The molecule has 0 aliphatic heterocycles. The molecule has 0 spiro atoms. The summed E-state index contributed by atoms with van der Waals surface area (Å²) >= 11 is 0. The summed E-state index contributed by atoms with van der Waals surface area (Å²) in [5.74, 6) is 0.977. The highest BCUT2D eigenvalue weighted by Crippen LogP contribution is 2.32. The van der Waals surface area contributed by atoms with Crippen LogP contribution in [0.5, 0.6) is 5.75 Å². The van der Waals surface area contributed by atoms with Gasteiger partial charge in [-0.15, -0.1) is 0 Å². The Morgan fingerprint density at radius 2 is 1.47 bits per heavy atom. The Morgan fingerprint density at radius 1 is 0.833 bits per heavy atom. The topological polar surface area (TPSA) is 93.2 Å². The molecule has 0 bridgehead atoms. The number of rotatable bonds is 6. The Hall–Kier alpha value is -3.65. The molecule has 7 nitrogen and oxygen atoms in total. The van der Waals surface area contributed by atoms with E-state index >= 15 is 0 Å². The van der Waals surface area contributed by atoms with Crippen LogP contribution in [-0.4, -0.2) is 25.5 Å². The SMILES string of the molecule is COc1ccc(C)cc1Nc1nc2ccccc2nc1NS(=O)(=O)c1ccccc1. The monoisotopic (exact) mass is 420 g/mol. The quantitative estimate of drug-likeness (QED) is 0.477. The number of aryl methyl sites for hydroxylation is 1. The lowest BCUT2D eigenvalue weighted by Crippen LogP contribution is -2.16. The third-order valence-corrected chi connectivity index (χ3v) is 5.82. The van der Waals surface area contributed by atoms with Crippen molar-refractivity contribution in [3.63, 3.8) is 0 Å². The summed E-state index contributed by atoms with van der Waals surface area (Å²) in [5.41, 5.74) is 2.88. The van der Waals surface area contributed by atoms with Crippen molar-refractivity contribution in [3.05, 3.63) is 78.4 Å². The number of aromatic nitrogens is 2. The van der Waals surface area contributed by atoms with Crippen LogP contribution in [0.1, 0.15) is 5.56 Å². The molecule has 8 heteroatoms. The largest absolute Gasteiger partial charge is 0.495 e. The zero-order chi connectivity index (χ0) is 21.1. The Balaban J connectivity index is 1.82. The van der Waals surface area contributed by atoms with Gasteiger partial charge in [0, 0.05) is 0 Å². The van der Waals surface area contributed by atoms with Gasteiger partial charge < -0.3 is 10.1 Å². The molecule has 1 aromatic heterocycles. The van der Waals surface area contributed by atoms with Gasteiger partial charge in [-0.25, -0.2) is 18.4 Å². The molecule has 0 fully saturated rings. The van der Waals surface area contributed by atoms with Crippen LogP contribution in [0.15, 0.2) is 77.7 Å². The smallest absolute Gasteiger partial charge is 0.263 e. The van der Waals surface area contributed by atoms with Crippen LogP contribution in [0, 0.1) is 6.92 Å². The van der Waals surface area contributed by atoms with Crippen molar-refractivity contribution in [2.75, 3.05) is 17.1 Å². The second kappa shape index (κ2) is 8.00. The molecule has 4 rings (SSSR count). The lowest BCUT2D eigenvalue weighted by Gasteiger charge is -2.16. The molecule has 4 aromatic rings. The van der Waals surface area contributed by atoms with Gasteiger partial charge in [-0.2, -0.15) is 0 Å². The van der Waals surface area contributed by atoms with Gasteiger partial charge in [0.25, 0.3) is 10.0 Å². The molecule has 3 aromatic carbocycles. The molecule has 0 amide bonds. The zero-order valence-electron chi connectivity index (χ0n) is 16.5. The Morgan fingerprint density at radius 3 is 2.13 bits per heavy atom. The van der Waals surface area contributed by atoms with Gasteiger partial charge >= 0.3 is 0 Å². The van der Waals surface area contributed by atoms with Crippen LogP contribution in [0.25, 0.3) is 11.0 Å². The second-order valence-electron chi connectivity index (χ2n) is 6.66. The third-order valence-electron chi connectivity index (χ3n) is 4.46. The molecular formula is C22H20N4O3S. The van der Waals surface area contributed by atoms with Gasteiger partial charge in [-0.05, 0) is 48.9 Å². The van der Waals surface area contributed by atoms with Crippen molar-refractivity contribution in [2.45, 2.75) is 11.8 Å². The van der Waals surface area contributed by atoms with E-state index in [0.717, 1.165) is 5.56 Å². The van der Waals surface area contributed by atoms with Crippen molar-refractivity contribution in [1.29, 1.82) is 0 Å². The van der Waals surface area contributed by atoms with E-state index in [2.05, 4.69) is 20.0 Å². The lowest BCUT2D eigenvalue weighted by molar-refractivity contribution is 0.416. The van der Waals surface area contributed by atoms with Crippen molar-refractivity contribution in [1.82, 2.24) is 9.97 Å². The number of hydrogen-bond acceptors (Lipinski definition) is 6. The van der Waals surface area contributed by atoms with Gasteiger partial charge in [-0.3, -0.25) is 4.72 Å². The van der Waals surface area contributed by atoms with Gasteiger partial charge in [0.15, 0.2) is 11.6 Å². The summed E-state index contributed by atoms with van der Waals surface area (Å²) in [7, 11) is -2.27. The van der Waals surface area contributed by atoms with Crippen LogP contribution in [0.2, 0.25) is 0 Å². The zero-order valence-corrected chi connectivity index (χ0v) is 17.3. The van der Waals surface area contributed by atoms with Crippen molar-refractivity contribution in [3.8, 4) is 5.75 Å². The highest BCUT2D eigenvalue weighted by atomic mass is 32.2. The molecule has 0 aliphatic rings. The number of methoxy groups -OCH3 is 1. The first-order chi connectivity index (χ1) is 14.5. The highest BCUT2D eigenvalue weighted by molar-refractivity contribution is 7.92. The maximum atomic E-state index is 12.9. The number of nitrogens with one attached hydrogen (secondary N) is 2.